The molecule has 0 radical (unpaired) electrons. The first kappa shape index (κ1) is 19.6. The molecular formula is C22H19ClF2N2O2. The summed E-state index contributed by atoms with van der Waals surface area (Å²) in [6, 6.07) is 11.9. The van der Waals surface area contributed by atoms with Crippen molar-refractivity contribution in [2.24, 2.45) is 0 Å². The molecule has 3 aromatic rings. The number of alkyl halides is 2. The van der Waals surface area contributed by atoms with Gasteiger partial charge in [-0.15, -0.1) is 0 Å². The van der Waals surface area contributed by atoms with Crippen molar-refractivity contribution < 1.29 is 18.7 Å². The van der Waals surface area contributed by atoms with E-state index in [-0.39, 0.29) is 24.3 Å². The third-order valence-corrected chi connectivity index (χ3v) is 5.67. The number of nitrogens with one attached hydrogen (secondary N) is 1. The Hall–Kier alpha value is -2.73. The Bertz CT molecular complexity index is 1080. The van der Waals surface area contributed by atoms with Crippen LogP contribution in [0.1, 0.15) is 47.5 Å². The van der Waals surface area contributed by atoms with Crippen molar-refractivity contribution in [3.05, 3.63) is 64.8 Å². The molecule has 1 heterocycles. The van der Waals surface area contributed by atoms with Gasteiger partial charge < -0.3 is 10.4 Å². The molecule has 0 unspecified atom stereocenters. The van der Waals surface area contributed by atoms with E-state index in [4.69, 9.17) is 11.6 Å². The topological polar surface area (TPSA) is 62.2 Å². The van der Waals surface area contributed by atoms with Crippen LogP contribution in [0.4, 0.5) is 20.2 Å². The van der Waals surface area contributed by atoms with E-state index in [1.807, 2.05) is 0 Å². The van der Waals surface area contributed by atoms with Crippen LogP contribution in [-0.2, 0) is 0 Å². The molecule has 29 heavy (non-hydrogen) atoms. The molecular weight excluding hydrogens is 398 g/mol. The molecule has 4 rings (SSSR count). The molecule has 1 aromatic heterocycles. The highest BCUT2D eigenvalue weighted by molar-refractivity contribution is 6.31. The Kier molecular flexibility index (Phi) is 5.13. The highest BCUT2D eigenvalue weighted by Gasteiger charge is 2.36. The van der Waals surface area contributed by atoms with Crippen LogP contribution in [0.5, 0.6) is 0 Å². The predicted molar refractivity (Wildman–Crippen MR) is 110 cm³/mol. The first-order chi connectivity index (χ1) is 13.8. The van der Waals surface area contributed by atoms with E-state index in [0.717, 1.165) is 10.9 Å². The molecule has 1 fully saturated rings. The highest BCUT2D eigenvalue weighted by atomic mass is 35.5. The number of nitrogens with zero attached hydrogens (tertiary/aromatic N) is 1. The van der Waals surface area contributed by atoms with Crippen LogP contribution in [0, 0.1) is 0 Å². The zero-order valence-corrected chi connectivity index (χ0v) is 16.2. The zero-order valence-electron chi connectivity index (χ0n) is 15.5. The van der Waals surface area contributed by atoms with Gasteiger partial charge in [0.15, 0.2) is 0 Å². The number of halogens is 3. The minimum atomic E-state index is -2.63. The number of benzene rings is 2. The second-order valence-corrected chi connectivity index (χ2v) is 7.79. The molecule has 0 aliphatic heterocycles. The molecule has 0 bridgehead atoms. The summed E-state index contributed by atoms with van der Waals surface area (Å²) < 4.78 is 27.3. The van der Waals surface area contributed by atoms with Crippen molar-refractivity contribution >= 4 is 39.8 Å². The van der Waals surface area contributed by atoms with Crippen LogP contribution in [0.3, 0.4) is 0 Å². The normalized spacial score (nSPS) is 16.7. The number of hydrogen-bond donors (Lipinski definition) is 2. The third kappa shape index (κ3) is 4.03. The van der Waals surface area contributed by atoms with Gasteiger partial charge >= 0.3 is 5.97 Å². The maximum atomic E-state index is 13.7. The summed E-state index contributed by atoms with van der Waals surface area (Å²) in [6.45, 7) is 0. The molecule has 1 aliphatic rings. The second-order valence-electron chi connectivity index (χ2n) is 7.36. The molecule has 0 spiro atoms. The van der Waals surface area contributed by atoms with Crippen molar-refractivity contribution in [1.29, 1.82) is 0 Å². The van der Waals surface area contributed by atoms with Crippen LogP contribution in [-0.4, -0.2) is 22.0 Å². The monoisotopic (exact) mass is 416 g/mol. The Labute approximate surface area is 171 Å². The largest absolute Gasteiger partial charge is 0.478 e. The molecule has 4 nitrogen and oxygen atoms in total. The Balaban J connectivity index is 1.84. The van der Waals surface area contributed by atoms with Crippen molar-refractivity contribution in [3.8, 4) is 0 Å². The first-order valence-corrected chi connectivity index (χ1v) is 9.77. The molecule has 2 N–H and O–H groups in total. The number of aromatic carboxylic acids is 1. The van der Waals surface area contributed by atoms with Crippen molar-refractivity contribution in [3.63, 3.8) is 0 Å². The van der Waals surface area contributed by atoms with E-state index in [2.05, 4.69) is 10.3 Å². The standard InChI is InChI=1S/C22H19ClF2N2O2/c23-14-5-6-18-16(11-14)20(27-19-4-2-1-3-15(19)21(28)29)17(12-26-18)13-7-9-22(24,25)10-8-13/h1-6,11-13H,7-10H2,(H,26,27)(H,28,29). The molecule has 1 aliphatic carbocycles. The fourth-order valence-electron chi connectivity index (χ4n) is 3.89. The van der Waals surface area contributed by atoms with E-state index in [0.29, 0.717) is 34.8 Å². The molecule has 1 saturated carbocycles. The fourth-order valence-corrected chi connectivity index (χ4v) is 4.07. The van der Waals surface area contributed by atoms with Gasteiger partial charge in [0.1, 0.15) is 0 Å². The van der Waals surface area contributed by atoms with Gasteiger partial charge in [-0.1, -0.05) is 23.7 Å². The number of carboxylic acid groups (broad SMARTS) is 1. The smallest absolute Gasteiger partial charge is 0.337 e. The molecule has 0 amide bonds. The Morgan fingerprint density at radius 3 is 2.62 bits per heavy atom. The summed E-state index contributed by atoms with van der Waals surface area (Å²) >= 11 is 6.20. The minimum Gasteiger partial charge on any atom is -0.478 e. The van der Waals surface area contributed by atoms with Gasteiger partial charge in [0.25, 0.3) is 0 Å². The van der Waals surface area contributed by atoms with Gasteiger partial charge in [0, 0.05) is 29.4 Å². The van der Waals surface area contributed by atoms with E-state index in [1.54, 1.807) is 42.6 Å². The van der Waals surface area contributed by atoms with Crippen LogP contribution in [0.15, 0.2) is 48.7 Å². The zero-order chi connectivity index (χ0) is 20.6. The number of pyridine rings is 1. The number of anilines is 2. The average molecular weight is 417 g/mol. The van der Waals surface area contributed by atoms with Gasteiger partial charge in [-0.25, -0.2) is 13.6 Å². The number of hydrogen-bond acceptors (Lipinski definition) is 3. The van der Waals surface area contributed by atoms with Gasteiger partial charge in [-0.3, -0.25) is 4.98 Å². The average Bonchev–Trinajstić information content (AvgIpc) is 2.69. The SMILES string of the molecule is O=C(O)c1ccccc1Nc1c(C2CCC(F)(F)CC2)cnc2ccc(Cl)cc12. The summed E-state index contributed by atoms with van der Waals surface area (Å²) in [5.41, 5.74) is 2.71. The maximum absolute atomic E-state index is 13.7. The van der Waals surface area contributed by atoms with Crippen LogP contribution in [0.25, 0.3) is 10.9 Å². The van der Waals surface area contributed by atoms with Gasteiger partial charge in [-0.2, -0.15) is 0 Å². The highest BCUT2D eigenvalue weighted by Crippen LogP contribution is 2.45. The molecule has 2 aromatic carbocycles. The molecule has 7 heteroatoms. The number of para-hydroxylation sites is 1. The summed E-state index contributed by atoms with van der Waals surface area (Å²) in [5.74, 6) is -3.78. The molecule has 0 saturated heterocycles. The fraction of sp³-hybridized carbons (Fsp3) is 0.273. The summed E-state index contributed by atoms with van der Waals surface area (Å²) in [6.07, 6.45) is 2.05. The third-order valence-electron chi connectivity index (χ3n) is 5.43. The second kappa shape index (κ2) is 7.59. The summed E-state index contributed by atoms with van der Waals surface area (Å²) in [5, 5.41) is 14.0. The lowest BCUT2D eigenvalue weighted by molar-refractivity contribution is -0.0381. The lowest BCUT2D eigenvalue weighted by atomic mass is 9.81. The summed E-state index contributed by atoms with van der Waals surface area (Å²) in [4.78, 5) is 16.1. The number of carbonyl (C=O) groups is 1. The maximum Gasteiger partial charge on any atom is 0.337 e. The number of fused-ring (bicyclic) bond motifs is 1. The van der Waals surface area contributed by atoms with Crippen LogP contribution in [0.2, 0.25) is 5.02 Å². The van der Waals surface area contributed by atoms with E-state index < -0.39 is 11.9 Å². The summed E-state index contributed by atoms with van der Waals surface area (Å²) in [7, 11) is 0. The molecule has 150 valence electrons. The quantitative estimate of drug-likeness (QED) is 0.501. The lowest BCUT2D eigenvalue weighted by Crippen LogP contribution is -2.24. The number of rotatable bonds is 4. The van der Waals surface area contributed by atoms with E-state index in [9.17, 15) is 18.7 Å². The minimum absolute atomic E-state index is 0.0926. The van der Waals surface area contributed by atoms with Gasteiger partial charge in [0.05, 0.1) is 22.5 Å². The van der Waals surface area contributed by atoms with Crippen molar-refractivity contribution in [2.75, 3.05) is 5.32 Å². The van der Waals surface area contributed by atoms with Crippen LogP contribution >= 0.6 is 11.6 Å². The van der Waals surface area contributed by atoms with E-state index in [1.165, 1.54) is 6.07 Å². The van der Waals surface area contributed by atoms with Crippen molar-refractivity contribution in [1.82, 2.24) is 4.98 Å². The Morgan fingerprint density at radius 2 is 1.90 bits per heavy atom. The van der Waals surface area contributed by atoms with E-state index >= 15 is 0 Å². The predicted octanol–water partition coefficient (Wildman–Crippen LogP) is 6.62. The van der Waals surface area contributed by atoms with Gasteiger partial charge in [0.2, 0.25) is 5.92 Å². The van der Waals surface area contributed by atoms with Gasteiger partial charge in [-0.05, 0) is 54.7 Å². The molecule has 0 atom stereocenters. The Morgan fingerprint density at radius 1 is 1.17 bits per heavy atom. The number of aromatic nitrogens is 1. The number of carboxylic acids is 1. The van der Waals surface area contributed by atoms with Crippen molar-refractivity contribution in [2.45, 2.75) is 37.5 Å². The first-order valence-electron chi connectivity index (χ1n) is 9.39. The lowest BCUT2D eigenvalue weighted by Gasteiger charge is -2.30. The van der Waals surface area contributed by atoms with Crippen LogP contribution < -0.4 is 5.32 Å².